The molecule has 0 bridgehead atoms. The van der Waals surface area contributed by atoms with Gasteiger partial charge in [-0.2, -0.15) is 0 Å². The summed E-state index contributed by atoms with van der Waals surface area (Å²) in [5.74, 6) is 0.0457. The van der Waals surface area contributed by atoms with Crippen molar-refractivity contribution in [2.24, 2.45) is 5.73 Å². The molecule has 1 aliphatic heterocycles. The van der Waals surface area contributed by atoms with E-state index >= 15 is 0 Å². The Morgan fingerprint density at radius 3 is 2.65 bits per heavy atom. The molecule has 1 aromatic carbocycles. The number of carbonyl (C=O) groups excluding carboxylic acids is 1. The number of nitrogens with zero attached hydrogens (tertiary/aromatic N) is 1. The number of sulfone groups is 1. The predicted molar refractivity (Wildman–Crippen MR) is 76.1 cm³/mol. The van der Waals surface area contributed by atoms with Gasteiger partial charge in [-0.3, -0.25) is 0 Å². The van der Waals surface area contributed by atoms with E-state index < -0.39 is 15.9 Å². The number of amides is 2. The van der Waals surface area contributed by atoms with Gasteiger partial charge >= 0.3 is 6.03 Å². The zero-order valence-electron chi connectivity index (χ0n) is 11.2. The Morgan fingerprint density at radius 1 is 1.35 bits per heavy atom. The Labute approximate surface area is 118 Å². The first kappa shape index (κ1) is 14.8. The van der Waals surface area contributed by atoms with E-state index in [2.05, 4.69) is 5.32 Å². The van der Waals surface area contributed by atoms with Gasteiger partial charge in [0, 0.05) is 25.7 Å². The molecule has 20 heavy (non-hydrogen) atoms. The standard InChI is InChI=1S/C13H19N3O3S/c14-13(17)16-8-6-11(10-16)15-7-9-20(18,19)12-4-2-1-3-5-12/h1-5,11,15H,6-10H2,(H2,14,17). The maximum absolute atomic E-state index is 12.1. The molecule has 7 heteroatoms. The summed E-state index contributed by atoms with van der Waals surface area (Å²) >= 11 is 0. The van der Waals surface area contributed by atoms with Crippen molar-refractivity contribution in [3.05, 3.63) is 30.3 Å². The largest absolute Gasteiger partial charge is 0.351 e. The van der Waals surface area contributed by atoms with Crippen molar-refractivity contribution >= 4 is 15.9 Å². The summed E-state index contributed by atoms with van der Waals surface area (Å²) in [5.41, 5.74) is 5.20. The van der Waals surface area contributed by atoms with Gasteiger partial charge in [0.2, 0.25) is 0 Å². The van der Waals surface area contributed by atoms with Gasteiger partial charge in [0.25, 0.3) is 0 Å². The van der Waals surface area contributed by atoms with Crippen molar-refractivity contribution in [2.45, 2.75) is 17.4 Å². The van der Waals surface area contributed by atoms with Crippen LogP contribution in [0.4, 0.5) is 4.79 Å². The molecular weight excluding hydrogens is 278 g/mol. The van der Waals surface area contributed by atoms with Gasteiger partial charge in [-0.25, -0.2) is 13.2 Å². The third kappa shape index (κ3) is 3.71. The molecule has 6 nitrogen and oxygen atoms in total. The maximum Gasteiger partial charge on any atom is 0.314 e. The van der Waals surface area contributed by atoms with E-state index in [9.17, 15) is 13.2 Å². The maximum atomic E-state index is 12.1. The summed E-state index contributed by atoms with van der Waals surface area (Å²) < 4.78 is 24.1. The fourth-order valence-electron chi connectivity index (χ4n) is 2.27. The second kappa shape index (κ2) is 6.23. The molecule has 1 unspecified atom stereocenters. The molecule has 0 spiro atoms. The monoisotopic (exact) mass is 297 g/mol. The number of hydrogen-bond acceptors (Lipinski definition) is 4. The fraction of sp³-hybridized carbons (Fsp3) is 0.462. The van der Waals surface area contributed by atoms with E-state index in [-0.39, 0.29) is 11.8 Å². The molecule has 1 atom stereocenters. The molecule has 1 heterocycles. The van der Waals surface area contributed by atoms with Crippen LogP contribution in [0.25, 0.3) is 0 Å². The highest BCUT2D eigenvalue weighted by Crippen LogP contribution is 2.11. The zero-order valence-corrected chi connectivity index (χ0v) is 12.0. The molecule has 1 saturated heterocycles. The molecule has 1 fully saturated rings. The fourth-order valence-corrected chi connectivity index (χ4v) is 3.46. The van der Waals surface area contributed by atoms with Crippen molar-refractivity contribution in [2.75, 3.05) is 25.4 Å². The van der Waals surface area contributed by atoms with E-state index in [1.165, 1.54) is 0 Å². The zero-order chi connectivity index (χ0) is 14.6. The minimum atomic E-state index is -3.25. The van der Waals surface area contributed by atoms with Crippen LogP contribution < -0.4 is 11.1 Å². The van der Waals surface area contributed by atoms with Crippen molar-refractivity contribution in [1.29, 1.82) is 0 Å². The van der Waals surface area contributed by atoms with Gasteiger partial charge in [0.05, 0.1) is 10.6 Å². The third-order valence-corrected chi connectivity index (χ3v) is 5.14. The van der Waals surface area contributed by atoms with Crippen LogP contribution >= 0.6 is 0 Å². The number of benzene rings is 1. The van der Waals surface area contributed by atoms with Crippen LogP contribution in [0.15, 0.2) is 35.2 Å². The van der Waals surface area contributed by atoms with E-state index in [4.69, 9.17) is 5.73 Å². The third-order valence-electron chi connectivity index (χ3n) is 3.41. The lowest BCUT2D eigenvalue weighted by molar-refractivity contribution is 0.217. The number of urea groups is 1. The molecular formula is C13H19N3O3S. The second-order valence-electron chi connectivity index (χ2n) is 4.86. The lowest BCUT2D eigenvalue weighted by Crippen LogP contribution is -2.39. The van der Waals surface area contributed by atoms with Crippen LogP contribution in [0.5, 0.6) is 0 Å². The first-order valence-corrected chi connectivity index (χ1v) is 8.20. The van der Waals surface area contributed by atoms with Gasteiger partial charge in [0.15, 0.2) is 9.84 Å². The number of rotatable bonds is 5. The van der Waals surface area contributed by atoms with E-state index in [0.29, 0.717) is 24.5 Å². The summed E-state index contributed by atoms with van der Waals surface area (Å²) in [6.45, 7) is 1.54. The molecule has 1 aliphatic rings. The normalized spacial score (nSPS) is 19.2. The molecule has 2 rings (SSSR count). The van der Waals surface area contributed by atoms with Gasteiger partial charge in [-0.05, 0) is 18.6 Å². The first-order valence-electron chi connectivity index (χ1n) is 6.54. The minimum Gasteiger partial charge on any atom is -0.351 e. The SMILES string of the molecule is NC(=O)N1CCC(NCCS(=O)(=O)c2ccccc2)C1. The molecule has 2 amide bonds. The van der Waals surface area contributed by atoms with E-state index in [1.54, 1.807) is 35.2 Å². The Kier molecular flexibility index (Phi) is 4.61. The molecule has 0 aromatic heterocycles. The van der Waals surface area contributed by atoms with Crippen molar-refractivity contribution < 1.29 is 13.2 Å². The Hall–Kier alpha value is -1.60. The predicted octanol–water partition coefficient (Wildman–Crippen LogP) is 0.203. The number of nitrogens with two attached hydrogens (primary N) is 1. The summed E-state index contributed by atoms with van der Waals surface area (Å²) in [5, 5.41) is 3.16. The number of primary amides is 1. The van der Waals surface area contributed by atoms with Gasteiger partial charge in [-0.1, -0.05) is 18.2 Å². The van der Waals surface area contributed by atoms with E-state index in [0.717, 1.165) is 6.42 Å². The second-order valence-corrected chi connectivity index (χ2v) is 6.97. The molecule has 0 saturated carbocycles. The lowest BCUT2D eigenvalue weighted by Gasteiger charge is -2.14. The number of hydrogen-bond donors (Lipinski definition) is 2. The van der Waals surface area contributed by atoms with Crippen LogP contribution in [-0.4, -0.2) is 50.8 Å². The van der Waals surface area contributed by atoms with Gasteiger partial charge in [-0.15, -0.1) is 0 Å². The molecule has 3 N–H and O–H groups in total. The average Bonchev–Trinajstić information content (AvgIpc) is 2.89. The Balaban J connectivity index is 1.81. The first-order chi connectivity index (χ1) is 9.49. The molecule has 0 aliphatic carbocycles. The summed E-state index contributed by atoms with van der Waals surface area (Å²) in [6.07, 6.45) is 0.800. The lowest BCUT2D eigenvalue weighted by atomic mass is 10.3. The number of likely N-dealkylation sites (tertiary alicyclic amines) is 1. The van der Waals surface area contributed by atoms with Crippen molar-refractivity contribution in [1.82, 2.24) is 10.2 Å². The van der Waals surface area contributed by atoms with E-state index in [1.807, 2.05) is 0 Å². The minimum absolute atomic E-state index is 0.0457. The van der Waals surface area contributed by atoms with Crippen LogP contribution in [-0.2, 0) is 9.84 Å². The topological polar surface area (TPSA) is 92.5 Å². The quantitative estimate of drug-likeness (QED) is 0.812. The summed E-state index contributed by atoms with van der Waals surface area (Å²) in [4.78, 5) is 12.9. The van der Waals surface area contributed by atoms with Crippen LogP contribution in [0.1, 0.15) is 6.42 Å². The molecule has 0 radical (unpaired) electrons. The average molecular weight is 297 g/mol. The highest BCUT2D eigenvalue weighted by molar-refractivity contribution is 7.91. The van der Waals surface area contributed by atoms with Gasteiger partial charge in [0.1, 0.15) is 0 Å². The Morgan fingerprint density at radius 2 is 2.05 bits per heavy atom. The smallest absolute Gasteiger partial charge is 0.314 e. The highest BCUT2D eigenvalue weighted by Gasteiger charge is 2.24. The van der Waals surface area contributed by atoms with Gasteiger partial charge < -0.3 is 16.0 Å². The number of nitrogens with one attached hydrogen (secondary N) is 1. The van der Waals surface area contributed by atoms with Crippen molar-refractivity contribution in [3.8, 4) is 0 Å². The number of carbonyl (C=O) groups is 1. The van der Waals surface area contributed by atoms with Crippen molar-refractivity contribution in [3.63, 3.8) is 0 Å². The van der Waals surface area contributed by atoms with Crippen LogP contribution in [0.3, 0.4) is 0 Å². The molecule has 110 valence electrons. The Bertz CT molecular complexity index is 559. The highest BCUT2D eigenvalue weighted by atomic mass is 32.2. The van der Waals surface area contributed by atoms with Crippen LogP contribution in [0, 0.1) is 0 Å². The van der Waals surface area contributed by atoms with Crippen LogP contribution in [0.2, 0.25) is 0 Å². The molecule has 1 aromatic rings. The summed E-state index contributed by atoms with van der Waals surface area (Å²) in [7, 11) is -3.25. The summed E-state index contributed by atoms with van der Waals surface area (Å²) in [6, 6.07) is 8.09.